The third-order valence-corrected chi connectivity index (χ3v) is 6.70. The number of methoxy groups -OCH3 is 1. The maximum atomic E-state index is 12.5. The van der Waals surface area contributed by atoms with Crippen molar-refractivity contribution in [3.63, 3.8) is 0 Å². The summed E-state index contributed by atoms with van der Waals surface area (Å²) in [6, 6.07) is 10.1. The van der Waals surface area contributed by atoms with E-state index in [2.05, 4.69) is 20.6 Å². The highest BCUT2D eigenvalue weighted by Gasteiger charge is 2.16. The Morgan fingerprint density at radius 3 is 2.66 bits per heavy atom. The van der Waals surface area contributed by atoms with Crippen LogP contribution in [0.3, 0.4) is 0 Å². The maximum absolute atomic E-state index is 12.5. The molecule has 2 heterocycles. The van der Waals surface area contributed by atoms with E-state index in [1.807, 2.05) is 7.05 Å². The number of carbonyl (C=O) groups is 1. The van der Waals surface area contributed by atoms with Gasteiger partial charge in [0.2, 0.25) is 5.88 Å². The van der Waals surface area contributed by atoms with Crippen LogP contribution in [0, 0.1) is 5.41 Å². The number of anilines is 1. The van der Waals surface area contributed by atoms with Crippen LogP contribution in [-0.2, 0) is 20.3 Å². The van der Waals surface area contributed by atoms with Crippen molar-refractivity contribution in [1.29, 1.82) is 5.41 Å². The van der Waals surface area contributed by atoms with Gasteiger partial charge in [-0.2, -0.15) is 0 Å². The fourth-order valence-electron chi connectivity index (χ4n) is 2.71. The van der Waals surface area contributed by atoms with E-state index in [-0.39, 0.29) is 5.71 Å². The number of likely N-dealkylation sites (N-methyl/N-ethyl adjacent to an activating group) is 1. The summed E-state index contributed by atoms with van der Waals surface area (Å²) >= 11 is 1.21. The molecule has 0 spiro atoms. The highest BCUT2D eigenvalue weighted by molar-refractivity contribution is 7.85. The minimum absolute atomic E-state index is 0.204. The first-order chi connectivity index (χ1) is 15.5. The van der Waals surface area contributed by atoms with E-state index in [1.165, 1.54) is 11.3 Å². The van der Waals surface area contributed by atoms with Gasteiger partial charge in [0.25, 0.3) is 5.91 Å². The van der Waals surface area contributed by atoms with Crippen LogP contribution in [0.15, 0.2) is 41.3 Å². The van der Waals surface area contributed by atoms with E-state index >= 15 is 0 Å². The molecule has 1 amide bonds. The summed E-state index contributed by atoms with van der Waals surface area (Å²) in [4.78, 5) is 22.6. The van der Waals surface area contributed by atoms with Gasteiger partial charge in [0.1, 0.15) is 22.7 Å². The number of hydrogen-bond acceptors (Lipinski definition) is 9. The number of pyridine rings is 1. The van der Waals surface area contributed by atoms with Gasteiger partial charge in [0.05, 0.1) is 10.8 Å². The van der Waals surface area contributed by atoms with Gasteiger partial charge in [0, 0.05) is 42.5 Å². The number of ether oxygens (including phenoxy) is 2. The van der Waals surface area contributed by atoms with Crippen LogP contribution < -0.4 is 15.4 Å². The lowest BCUT2D eigenvalue weighted by molar-refractivity contribution is -0.110. The second kappa shape index (κ2) is 11.8. The van der Waals surface area contributed by atoms with Crippen LogP contribution in [-0.4, -0.2) is 65.5 Å². The first-order valence-electron chi connectivity index (χ1n) is 9.94. The monoisotopic (exact) mass is 475 g/mol. The van der Waals surface area contributed by atoms with Crippen LogP contribution in [0.2, 0.25) is 0 Å². The Morgan fingerprint density at radius 1 is 1.16 bits per heavy atom. The van der Waals surface area contributed by atoms with Gasteiger partial charge in [-0.05, 0) is 31.7 Å². The summed E-state index contributed by atoms with van der Waals surface area (Å²) in [6.07, 6.45) is 0.698. The van der Waals surface area contributed by atoms with Crippen LogP contribution in [0.1, 0.15) is 12.0 Å². The number of nitrogens with one attached hydrogen (secondary N) is 3. The maximum Gasteiger partial charge on any atom is 0.275 e. The lowest BCUT2D eigenvalue weighted by Crippen LogP contribution is -2.22. The molecule has 3 N–H and O–H groups in total. The molecule has 0 aliphatic heterocycles. The van der Waals surface area contributed by atoms with E-state index in [0.717, 1.165) is 0 Å². The second-order valence-electron chi connectivity index (χ2n) is 6.69. The molecule has 1 unspecified atom stereocenters. The topological polar surface area (TPSA) is 126 Å². The number of thiazole rings is 1. The van der Waals surface area contributed by atoms with Crippen molar-refractivity contribution in [1.82, 2.24) is 15.3 Å². The number of amides is 1. The largest absolute Gasteiger partial charge is 0.476 e. The van der Waals surface area contributed by atoms with E-state index in [0.29, 0.717) is 63.7 Å². The predicted molar refractivity (Wildman–Crippen MR) is 127 cm³/mol. The quantitative estimate of drug-likeness (QED) is 0.271. The standard InChI is InChI=1S/C21H25N5O4S2/c1-23-10-12-30-17-9-8-16-20(25-17)31-21(24-16)26-19(27)18(22)14-4-6-15(7-5-14)32(28)13-3-11-29-2/h4-9,22-23H,3,10-13H2,1-2H3,(H,24,26,27). The molecule has 0 radical (unpaired) electrons. The molecule has 11 heteroatoms. The van der Waals surface area contributed by atoms with Gasteiger partial charge in [-0.15, -0.1) is 0 Å². The van der Waals surface area contributed by atoms with Crippen LogP contribution in [0.25, 0.3) is 10.3 Å². The summed E-state index contributed by atoms with van der Waals surface area (Å²) in [7, 11) is 2.31. The van der Waals surface area contributed by atoms with Gasteiger partial charge in [0.15, 0.2) is 5.13 Å². The van der Waals surface area contributed by atoms with Crippen molar-refractivity contribution in [3.05, 3.63) is 42.0 Å². The van der Waals surface area contributed by atoms with E-state index < -0.39 is 16.7 Å². The average Bonchev–Trinajstić information content (AvgIpc) is 3.20. The van der Waals surface area contributed by atoms with Crippen molar-refractivity contribution in [2.24, 2.45) is 0 Å². The molecule has 170 valence electrons. The number of aromatic nitrogens is 2. The third-order valence-electron chi connectivity index (χ3n) is 4.36. The molecule has 32 heavy (non-hydrogen) atoms. The van der Waals surface area contributed by atoms with Crippen molar-refractivity contribution in [2.45, 2.75) is 11.3 Å². The number of fused-ring (bicyclic) bond motifs is 1. The van der Waals surface area contributed by atoms with Crippen molar-refractivity contribution >= 4 is 49.2 Å². The average molecular weight is 476 g/mol. The molecule has 0 aliphatic carbocycles. The summed E-state index contributed by atoms with van der Waals surface area (Å²) in [5.41, 5.74) is 0.864. The van der Waals surface area contributed by atoms with Gasteiger partial charge >= 0.3 is 0 Å². The van der Waals surface area contributed by atoms with Crippen LogP contribution in [0.5, 0.6) is 5.88 Å². The zero-order chi connectivity index (χ0) is 22.9. The first-order valence-corrected chi connectivity index (χ1v) is 12.1. The van der Waals surface area contributed by atoms with Crippen LogP contribution in [0.4, 0.5) is 5.13 Å². The summed E-state index contributed by atoms with van der Waals surface area (Å²) in [6.45, 7) is 1.76. The Hall–Kier alpha value is -2.73. The van der Waals surface area contributed by atoms with Gasteiger partial charge in [-0.3, -0.25) is 19.7 Å². The van der Waals surface area contributed by atoms with Gasteiger partial charge in [-0.1, -0.05) is 23.5 Å². The van der Waals surface area contributed by atoms with Crippen LogP contribution >= 0.6 is 11.3 Å². The molecule has 0 saturated carbocycles. The Balaban J connectivity index is 1.61. The Morgan fingerprint density at radius 2 is 1.94 bits per heavy atom. The molecule has 1 atom stereocenters. The summed E-state index contributed by atoms with van der Waals surface area (Å²) in [5, 5.41) is 14.2. The van der Waals surface area contributed by atoms with E-state index in [9.17, 15) is 9.00 Å². The summed E-state index contributed by atoms with van der Waals surface area (Å²) in [5.74, 6) is 0.407. The number of carbonyl (C=O) groups excluding carboxylic acids is 1. The molecule has 2 aromatic heterocycles. The number of hydrogen-bond donors (Lipinski definition) is 3. The zero-order valence-corrected chi connectivity index (χ0v) is 19.5. The smallest absolute Gasteiger partial charge is 0.275 e. The lowest BCUT2D eigenvalue weighted by Gasteiger charge is -2.06. The van der Waals surface area contributed by atoms with Gasteiger partial charge in [-0.25, -0.2) is 9.97 Å². The fraction of sp³-hybridized carbons (Fsp3) is 0.333. The van der Waals surface area contributed by atoms with Crippen molar-refractivity contribution in [3.8, 4) is 5.88 Å². The molecule has 3 aromatic rings. The van der Waals surface area contributed by atoms with Crippen molar-refractivity contribution < 1.29 is 18.5 Å². The Labute approximate surface area is 192 Å². The minimum atomic E-state index is -1.14. The number of benzene rings is 1. The number of nitrogens with zero attached hydrogens (tertiary/aromatic N) is 2. The molecule has 0 fully saturated rings. The molecule has 9 nitrogen and oxygen atoms in total. The van der Waals surface area contributed by atoms with E-state index in [4.69, 9.17) is 14.9 Å². The minimum Gasteiger partial charge on any atom is -0.476 e. The molecule has 0 aliphatic rings. The highest BCUT2D eigenvalue weighted by atomic mass is 32.2. The first kappa shape index (κ1) is 23.9. The Bertz CT molecular complexity index is 1100. The fourth-order valence-corrected chi connectivity index (χ4v) is 4.59. The second-order valence-corrected chi connectivity index (χ2v) is 9.24. The normalized spacial score (nSPS) is 11.9. The zero-order valence-electron chi connectivity index (χ0n) is 17.8. The molecule has 0 saturated heterocycles. The summed E-state index contributed by atoms with van der Waals surface area (Å²) < 4.78 is 22.8. The lowest BCUT2D eigenvalue weighted by atomic mass is 10.1. The van der Waals surface area contributed by atoms with Gasteiger partial charge < -0.3 is 14.8 Å². The van der Waals surface area contributed by atoms with E-state index in [1.54, 1.807) is 43.5 Å². The molecular formula is C21H25N5O4S2. The Kier molecular flexibility index (Phi) is 8.80. The van der Waals surface area contributed by atoms with Crippen molar-refractivity contribution in [2.75, 3.05) is 45.0 Å². The predicted octanol–water partition coefficient (Wildman–Crippen LogP) is 2.44. The molecule has 3 rings (SSSR count). The molecular weight excluding hydrogens is 450 g/mol. The SMILES string of the molecule is CNCCOc1ccc2nc(NC(=O)C(=N)c3ccc(S(=O)CCCOC)cc3)sc2n1. The molecule has 1 aromatic carbocycles. The molecule has 0 bridgehead atoms. The highest BCUT2D eigenvalue weighted by Crippen LogP contribution is 2.26. The third kappa shape index (κ3) is 6.39. The number of rotatable bonds is 12.